The minimum absolute atomic E-state index is 0.0861. The summed E-state index contributed by atoms with van der Waals surface area (Å²) in [6.07, 6.45) is 16.4. The molecule has 3 atom stereocenters. The molecular weight excluding hydrogens is 448 g/mol. The highest BCUT2D eigenvalue weighted by atomic mass is 32.2. The molecule has 0 bridgehead atoms. The molecule has 0 saturated heterocycles. The van der Waals surface area contributed by atoms with Crippen LogP contribution in [0.25, 0.3) is 0 Å². The zero-order valence-corrected chi connectivity index (χ0v) is 25.2. The van der Waals surface area contributed by atoms with Crippen LogP contribution in [0.5, 0.6) is 11.5 Å². The fourth-order valence-corrected chi connectivity index (χ4v) is 6.79. The van der Waals surface area contributed by atoms with Gasteiger partial charge in [-0.05, 0) is 87.5 Å². The van der Waals surface area contributed by atoms with Crippen LogP contribution in [-0.2, 0) is 6.42 Å². The van der Waals surface area contributed by atoms with Crippen LogP contribution >= 0.6 is 11.8 Å². The Kier molecular flexibility index (Phi) is 12.8. The lowest BCUT2D eigenvalue weighted by molar-refractivity contribution is 0.0504. The second kappa shape index (κ2) is 14.8. The van der Waals surface area contributed by atoms with Gasteiger partial charge in [0.1, 0.15) is 17.1 Å². The molecule has 0 fully saturated rings. The molecule has 0 aliphatic carbocycles. The Balaban J connectivity index is 1.83. The highest BCUT2D eigenvalue weighted by Crippen LogP contribution is 2.48. The smallest absolute Gasteiger partial charge is 0.132 e. The first kappa shape index (κ1) is 30.4. The second-order valence-electron chi connectivity index (χ2n) is 12.3. The number of rotatable bonds is 16. The first-order valence-electron chi connectivity index (χ1n) is 14.7. The summed E-state index contributed by atoms with van der Waals surface area (Å²) in [4.78, 5) is 1.07. The molecule has 3 heteroatoms. The lowest BCUT2D eigenvalue weighted by Crippen LogP contribution is -2.37. The van der Waals surface area contributed by atoms with Crippen LogP contribution in [-0.4, -0.2) is 16.5 Å². The van der Waals surface area contributed by atoms with Crippen molar-refractivity contribution in [3.8, 4) is 11.5 Å². The van der Waals surface area contributed by atoms with Crippen LogP contribution in [0.15, 0.2) is 4.90 Å². The van der Waals surface area contributed by atoms with E-state index < -0.39 is 0 Å². The van der Waals surface area contributed by atoms with Crippen molar-refractivity contribution in [3.63, 3.8) is 0 Å². The van der Waals surface area contributed by atoms with E-state index in [-0.39, 0.29) is 5.60 Å². The Hall–Kier alpha value is -0.830. The number of aromatic hydroxyl groups is 1. The second-order valence-corrected chi connectivity index (χ2v) is 13.5. The summed E-state index contributed by atoms with van der Waals surface area (Å²) >= 11 is 1.82. The van der Waals surface area contributed by atoms with Gasteiger partial charge in [0, 0.05) is 5.56 Å². The molecule has 2 rings (SSSR count). The lowest BCUT2D eigenvalue weighted by Gasteiger charge is -2.38. The number of phenols is 1. The zero-order valence-electron chi connectivity index (χ0n) is 24.4. The molecule has 2 nitrogen and oxygen atoms in total. The summed E-state index contributed by atoms with van der Waals surface area (Å²) < 4.78 is 6.76. The molecule has 0 amide bonds. The first-order chi connectivity index (χ1) is 16.6. The van der Waals surface area contributed by atoms with Gasteiger partial charge in [0.15, 0.2) is 0 Å². The lowest BCUT2D eigenvalue weighted by atomic mass is 9.85. The third-order valence-electron chi connectivity index (χ3n) is 8.29. The van der Waals surface area contributed by atoms with Crippen LogP contribution in [0.1, 0.15) is 135 Å². The third kappa shape index (κ3) is 9.52. The standard InChI is InChI=1S/C32H56O2S/c1-9-10-22-35-31-28-19-21-32(8,34-30(28)27(7)26(6)29(31)33)20-13-18-25(5)17-12-16-24(4)15-11-14-23(2)3/h23-25,33H,9-22H2,1-8H3/t24-,25-,32-/m1/s1. The normalized spacial score (nSPS) is 19.5. The van der Waals surface area contributed by atoms with E-state index in [4.69, 9.17) is 4.74 Å². The van der Waals surface area contributed by atoms with Crippen LogP contribution < -0.4 is 4.74 Å². The average Bonchev–Trinajstić information content (AvgIpc) is 2.80. The topological polar surface area (TPSA) is 29.5 Å². The van der Waals surface area contributed by atoms with Gasteiger partial charge in [0.05, 0.1) is 4.90 Å². The van der Waals surface area contributed by atoms with Crippen LogP contribution in [0, 0.1) is 31.6 Å². The molecular formula is C32H56O2S. The third-order valence-corrected chi connectivity index (χ3v) is 9.51. The van der Waals surface area contributed by atoms with Gasteiger partial charge in [0.25, 0.3) is 0 Å². The summed E-state index contributed by atoms with van der Waals surface area (Å²) in [5, 5.41) is 10.9. The maximum Gasteiger partial charge on any atom is 0.132 e. The predicted molar refractivity (Wildman–Crippen MR) is 155 cm³/mol. The van der Waals surface area contributed by atoms with Gasteiger partial charge in [-0.3, -0.25) is 0 Å². The van der Waals surface area contributed by atoms with Crippen molar-refractivity contribution in [1.82, 2.24) is 0 Å². The molecule has 0 radical (unpaired) electrons. The van der Waals surface area contributed by atoms with E-state index in [9.17, 15) is 5.11 Å². The SMILES string of the molecule is CCCCSc1c(O)c(C)c(C)c2c1CC[C@@](C)(CCC[C@H](C)CCC[C@H](C)CCCC(C)C)O2. The predicted octanol–water partition coefficient (Wildman–Crippen LogP) is 10.4. The number of unbranched alkanes of at least 4 members (excludes halogenated alkanes) is 1. The van der Waals surface area contributed by atoms with Crippen molar-refractivity contribution in [2.24, 2.45) is 17.8 Å². The van der Waals surface area contributed by atoms with Crippen LogP contribution in [0.3, 0.4) is 0 Å². The van der Waals surface area contributed by atoms with Crippen LogP contribution in [0.4, 0.5) is 0 Å². The summed E-state index contributed by atoms with van der Waals surface area (Å²) in [7, 11) is 0. The Morgan fingerprint density at radius 1 is 0.886 bits per heavy atom. The average molecular weight is 505 g/mol. The number of thioether (sulfide) groups is 1. The van der Waals surface area contributed by atoms with E-state index >= 15 is 0 Å². The van der Waals surface area contributed by atoms with Gasteiger partial charge < -0.3 is 9.84 Å². The van der Waals surface area contributed by atoms with E-state index in [0.717, 1.165) is 64.5 Å². The molecule has 0 saturated carbocycles. The number of fused-ring (bicyclic) bond motifs is 1. The minimum atomic E-state index is -0.0861. The highest BCUT2D eigenvalue weighted by Gasteiger charge is 2.35. The zero-order chi connectivity index (χ0) is 26.0. The number of benzene rings is 1. The molecule has 1 aliphatic rings. The van der Waals surface area contributed by atoms with Crippen molar-refractivity contribution in [2.75, 3.05) is 5.75 Å². The number of hydrogen-bond acceptors (Lipinski definition) is 3. The molecule has 1 heterocycles. The summed E-state index contributed by atoms with van der Waals surface area (Å²) in [5.41, 5.74) is 3.27. The van der Waals surface area contributed by atoms with Crippen molar-refractivity contribution in [2.45, 2.75) is 149 Å². The Morgan fingerprint density at radius 3 is 2.09 bits per heavy atom. The molecule has 0 spiro atoms. The van der Waals surface area contributed by atoms with Crippen molar-refractivity contribution in [3.05, 3.63) is 16.7 Å². The Bertz CT molecular complexity index is 772. The minimum Gasteiger partial charge on any atom is -0.506 e. The van der Waals surface area contributed by atoms with Gasteiger partial charge in [-0.2, -0.15) is 0 Å². The van der Waals surface area contributed by atoms with Crippen molar-refractivity contribution < 1.29 is 9.84 Å². The largest absolute Gasteiger partial charge is 0.506 e. The Labute approximate surface area is 222 Å². The Morgan fingerprint density at radius 2 is 1.49 bits per heavy atom. The fraction of sp³-hybridized carbons (Fsp3) is 0.812. The number of hydrogen-bond donors (Lipinski definition) is 1. The molecule has 1 aromatic rings. The molecule has 202 valence electrons. The molecule has 0 aromatic heterocycles. The summed E-state index contributed by atoms with van der Waals surface area (Å²) in [5.74, 6) is 5.14. The van der Waals surface area contributed by atoms with Gasteiger partial charge in [0.2, 0.25) is 0 Å². The van der Waals surface area contributed by atoms with Crippen molar-refractivity contribution >= 4 is 11.8 Å². The van der Waals surface area contributed by atoms with E-state index in [2.05, 4.69) is 48.5 Å². The first-order valence-corrected chi connectivity index (χ1v) is 15.7. The van der Waals surface area contributed by atoms with Gasteiger partial charge in [-0.25, -0.2) is 0 Å². The van der Waals surface area contributed by atoms with E-state index in [1.54, 1.807) is 0 Å². The fourth-order valence-electron chi connectivity index (χ4n) is 5.50. The van der Waals surface area contributed by atoms with E-state index in [0.29, 0.717) is 5.75 Å². The molecule has 0 unspecified atom stereocenters. The number of phenolic OH excluding ortho intramolecular Hbond substituents is 1. The maximum absolute atomic E-state index is 10.9. The van der Waals surface area contributed by atoms with E-state index in [1.165, 1.54) is 69.8 Å². The summed E-state index contributed by atoms with van der Waals surface area (Å²) in [6, 6.07) is 0. The number of ether oxygens (including phenoxy) is 1. The van der Waals surface area contributed by atoms with E-state index in [1.807, 2.05) is 18.7 Å². The van der Waals surface area contributed by atoms with Gasteiger partial charge in [-0.15, -0.1) is 11.8 Å². The maximum atomic E-state index is 10.9. The molecule has 1 aliphatic heterocycles. The van der Waals surface area contributed by atoms with Gasteiger partial charge in [-0.1, -0.05) is 86.0 Å². The monoisotopic (exact) mass is 504 g/mol. The molecule has 35 heavy (non-hydrogen) atoms. The van der Waals surface area contributed by atoms with Gasteiger partial charge >= 0.3 is 0 Å². The van der Waals surface area contributed by atoms with Crippen molar-refractivity contribution in [1.29, 1.82) is 0 Å². The summed E-state index contributed by atoms with van der Waals surface area (Å²) in [6.45, 7) is 18.2. The highest BCUT2D eigenvalue weighted by molar-refractivity contribution is 7.99. The molecule has 1 aromatic carbocycles. The van der Waals surface area contributed by atoms with Crippen LogP contribution in [0.2, 0.25) is 0 Å². The quantitative estimate of drug-likeness (QED) is 0.179. The molecule has 1 N–H and O–H groups in total.